The number of likely N-dealkylation sites (N-methyl/N-ethyl adjacent to an activating group) is 1. The smallest absolute Gasteiger partial charge is 0.0791 e. The van der Waals surface area contributed by atoms with Gasteiger partial charge in [-0.15, -0.1) is 0 Å². The van der Waals surface area contributed by atoms with Crippen LogP contribution in [0.25, 0.3) is 0 Å². The first-order valence-electron chi connectivity index (χ1n) is 4.77. The van der Waals surface area contributed by atoms with Gasteiger partial charge >= 0.3 is 0 Å². The lowest BCUT2D eigenvalue weighted by Gasteiger charge is -2.19. The molecule has 0 aromatic carbocycles. The van der Waals surface area contributed by atoms with E-state index in [4.69, 9.17) is 5.11 Å². The van der Waals surface area contributed by atoms with Crippen LogP contribution in [0, 0.1) is 0 Å². The Labute approximate surface area is 80.6 Å². The molecule has 0 aromatic heterocycles. The maximum absolute atomic E-state index is 9.47. The van der Waals surface area contributed by atoms with E-state index in [1.54, 1.807) is 0 Å². The molecule has 4 nitrogen and oxygen atoms in total. The Morgan fingerprint density at radius 1 is 1.38 bits per heavy atom. The third kappa shape index (κ3) is 6.95. The van der Waals surface area contributed by atoms with Crippen LogP contribution in [-0.4, -0.2) is 61.1 Å². The highest BCUT2D eigenvalue weighted by Gasteiger charge is 2.08. The standard InChI is InChI=1S/C9H22N2O2/c1-4-8(7-12)10-5-9(13)6-11(2)3/h8-10,12-13H,4-7H2,1-3H3. The minimum Gasteiger partial charge on any atom is -0.395 e. The average molecular weight is 190 g/mol. The summed E-state index contributed by atoms with van der Waals surface area (Å²) in [6, 6.07) is 0.108. The summed E-state index contributed by atoms with van der Waals surface area (Å²) in [7, 11) is 3.85. The highest BCUT2D eigenvalue weighted by molar-refractivity contribution is 4.68. The molecule has 0 heterocycles. The van der Waals surface area contributed by atoms with Crippen molar-refractivity contribution < 1.29 is 10.2 Å². The lowest BCUT2D eigenvalue weighted by Crippen LogP contribution is -2.41. The van der Waals surface area contributed by atoms with Gasteiger partial charge in [0.2, 0.25) is 0 Å². The van der Waals surface area contributed by atoms with Crippen molar-refractivity contribution in [3.05, 3.63) is 0 Å². The molecule has 0 fully saturated rings. The van der Waals surface area contributed by atoms with Crippen LogP contribution in [0.2, 0.25) is 0 Å². The minimum absolute atomic E-state index is 0.108. The van der Waals surface area contributed by atoms with Crippen molar-refractivity contribution in [2.24, 2.45) is 0 Å². The number of nitrogens with zero attached hydrogens (tertiary/aromatic N) is 1. The predicted octanol–water partition coefficient (Wildman–Crippen LogP) is -0.731. The van der Waals surface area contributed by atoms with Gasteiger partial charge in [-0.3, -0.25) is 0 Å². The Kier molecular flexibility index (Phi) is 7.17. The van der Waals surface area contributed by atoms with E-state index in [2.05, 4.69) is 5.32 Å². The van der Waals surface area contributed by atoms with Gasteiger partial charge in [0, 0.05) is 19.1 Å². The van der Waals surface area contributed by atoms with Crippen LogP contribution in [0.1, 0.15) is 13.3 Å². The lowest BCUT2D eigenvalue weighted by atomic mass is 10.2. The quantitative estimate of drug-likeness (QED) is 0.495. The fourth-order valence-electron chi connectivity index (χ4n) is 1.13. The van der Waals surface area contributed by atoms with Crippen molar-refractivity contribution in [2.75, 3.05) is 33.8 Å². The molecule has 13 heavy (non-hydrogen) atoms. The molecule has 0 spiro atoms. The summed E-state index contributed by atoms with van der Waals surface area (Å²) in [4.78, 5) is 1.94. The zero-order valence-corrected chi connectivity index (χ0v) is 8.82. The van der Waals surface area contributed by atoms with Crippen LogP contribution in [0.3, 0.4) is 0 Å². The van der Waals surface area contributed by atoms with E-state index in [0.717, 1.165) is 6.42 Å². The number of aliphatic hydroxyl groups excluding tert-OH is 2. The summed E-state index contributed by atoms with van der Waals surface area (Å²) >= 11 is 0. The number of nitrogens with one attached hydrogen (secondary N) is 1. The molecule has 3 N–H and O–H groups in total. The van der Waals surface area contributed by atoms with Gasteiger partial charge in [0.1, 0.15) is 0 Å². The first-order chi connectivity index (χ1) is 6.10. The molecule has 0 bridgehead atoms. The van der Waals surface area contributed by atoms with Gasteiger partial charge in [-0.1, -0.05) is 6.92 Å². The molecule has 0 aliphatic heterocycles. The van der Waals surface area contributed by atoms with Crippen LogP contribution in [-0.2, 0) is 0 Å². The van der Waals surface area contributed by atoms with Crippen molar-refractivity contribution in [1.82, 2.24) is 10.2 Å². The van der Waals surface area contributed by atoms with Crippen molar-refractivity contribution in [2.45, 2.75) is 25.5 Å². The SMILES string of the molecule is CCC(CO)NCC(O)CN(C)C. The fraction of sp³-hybridized carbons (Fsp3) is 1.00. The van der Waals surface area contributed by atoms with Gasteiger partial charge in [-0.05, 0) is 20.5 Å². The summed E-state index contributed by atoms with van der Waals surface area (Å²) in [6.07, 6.45) is 0.515. The predicted molar refractivity (Wildman–Crippen MR) is 53.7 cm³/mol. The Hall–Kier alpha value is -0.160. The van der Waals surface area contributed by atoms with E-state index in [9.17, 15) is 5.11 Å². The van der Waals surface area contributed by atoms with Crippen LogP contribution in [0.5, 0.6) is 0 Å². The minimum atomic E-state index is -0.365. The number of hydrogen-bond acceptors (Lipinski definition) is 4. The monoisotopic (exact) mass is 190 g/mol. The van der Waals surface area contributed by atoms with E-state index in [1.165, 1.54) is 0 Å². The third-order valence-corrected chi connectivity index (χ3v) is 1.93. The Morgan fingerprint density at radius 3 is 2.38 bits per heavy atom. The maximum atomic E-state index is 9.47. The van der Waals surface area contributed by atoms with Gasteiger partial charge in [0.25, 0.3) is 0 Å². The molecule has 80 valence electrons. The molecule has 0 saturated heterocycles. The molecule has 2 unspecified atom stereocenters. The van der Waals surface area contributed by atoms with Gasteiger partial charge in [-0.25, -0.2) is 0 Å². The Balaban J connectivity index is 3.49. The zero-order valence-electron chi connectivity index (χ0n) is 8.82. The number of hydrogen-bond donors (Lipinski definition) is 3. The molecule has 0 saturated carbocycles. The van der Waals surface area contributed by atoms with E-state index in [-0.39, 0.29) is 18.8 Å². The summed E-state index contributed by atoms with van der Waals surface area (Å²) in [5.74, 6) is 0. The Bertz CT molecular complexity index is 116. The van der Waals surface area contributed by atoms with Crippen LogP contribution >= 0.6 is 0 Å². The van der Waals surface area contributed by atoms with E-state index in [0.29, 0.717) is 13.1 Å². The van der Waals surface area contributed by atoms with Crippen LogP contribution in [0.4, 0.5) is 0 Å². The van der Waals surface area contributed by atoms with E-state index in [1.807, 2.05) is 25.9 Å². The van der Waals surface area contributed by atoms with Gasteiger partial charge in [0.05, 0.1) is 12.7 Å². The molecule has 0 radical (unpaired) electrons. The Morgan fingerprint density at radius 2 is 2.00 bits per heavy atom. The topological polar surface area (TPSA) is 55.7 Å². The van der Waals surface area contributed by atoms with E-state index < -0.39 is 0 Å². The fourth-order valence-corrected chi connectivity index (χ4v) is 1.13. The van der Waals surface area contributed by atoms with Crippen molar-refractivity contribution >= 4 is 0 Å². The molecule has 0 aliphatic rings. The maximum Gasteiger partial charge on any atom is 0.0791 e. The highest BCUT2D eigenvalue weighted by atomic mass is 16.3. The number of rotatable bonds is 7. The van der Waals surface area contributed by atoms with Crippen LogP contribution in [0.15, 0.2) is 0 Å². The lowest BCUT2D eigenvalue weighted by molar-refractivity contribution is 0.125. The summed E-state index contributed by atoms with van der Waals surface area (Å²) < 4.78 is 0. The number of aliphatic hydroxyl groups is 2. The van der Waals surface area contributed by atoms with Crippen molar-refractivity contribution in [3.63, 3.8) is 0 Å². The molecular formula is C9H22N2O2. The second-order valence-electron chi connectivity index (χ2n) is 3.61. The average Bonchev–Trinajstić information content (AvgIpc) is 2.05. The summed E-state index contributed by atoms with van der Waals surface area (Å²) in [5.41, 5.74) is 0. The summed E-state index contributed by atoms with van der Waals surface area (Å²) in [6.45, 7) is 3.32. The largest absolute Gasteiger partial charge is 0.395 e. The molecule has 0 amide bonds. The molecule has 0 rings (SSSR count). The third-order valence-electron chi connectivity index (χ3n) is 1.93. The van der Waals surface area contributed by atoms with Gasteiger partial charge in [-0.2, -0.15) is 0 Å². The second-order valence-corrected chi connectivity index (χ2v) is 3.61. The summed E-state index contributed by atoms with van der Waals surface area (Å²) in [5, 5.41) is 21.4. The highest BCUT2D eigenvalue weighted by Crippen LogP contribution is 1.90. The molecular weight excluding hydrogens is 168 g/mol. The first kappa shape index (κ1) is 12.8. The molecule has 0 aliphatic carbocycles. The zero-order chi connectivity index (χ0) is 10.3. The molecule has 2 atom stereocenters. The first-order valence-corrected chi connectivity index (χ1v) is 4.77. The molecule has 0 aromatic rings. The van der Waals surface area contributed by atoms with Crippen LogP contribution < -0.4 is 5.32 Å². The van der Waals surface area contributed by atoms with E-state index >= 15 is 0 Å². The normalized spacial score (nSPS) is 16.2. The van der Waals surface area contributed by atoms with Crippen molar-refractivity contribution in [3.8, 4) is 0 Å². The van der Waals surface area contributed by atoms with Gasteiger partial charge in [0.15, 0.2) is 0 Å². The van der Waals surface area contributed by atoms with Crippen molar-refractivity contribution in [1.29, 1.82) is 0 Å². The van der Waals surface area contributed by atoms with Gasteiger partial charge < -0.3 is 20.4 Å². The second kappa shape index (κ2) is 7.26. The molecule has 4 heteroatoms.